The van der Waals surface area contributed by atoms with Crippen LogP contribution in [0.2, 0.25) is 0 Å². The Morgan fingerprint density at radius 1 is 1.26 bits per heavy atom. The van der Waals surface area contributed by atoms with Gasteiger partial charge in [0.15, 0.2) is 0 Å². The lowest BCUT2D eigenvalue weighted by molar-refractivity contribution is -0.139. The molecule has 1 aromatic rings. The highest BCUT2D eigenvalue weighted by molar-refractivity contribution is 5.76. The topological polar surface area (TPSA) is 37.3 Å². The van der Waals surface area contributed by atoms with Crippen molar-refractivity contribution in [3.05, 3.63) is 35.6 Å². The van der Waals surface area contributed by atoms with Crippen LogP contribution in [0.15, 0.2) is 24.3 Å². The summed E-state index contributed by atoms with van der Waals surface area (Å²) >= 11 is 0. The highest BCUT2D eigenvalue weighted by Gasteiger charge is 2.24. The molecule has 0 saturated heterocycles. The van der Waals surface area contributed by atoms with Gasteiger partial charge < -0.3 is 5.11 Å². The second-order valence-electron chi connectivity index (χ2n) is 5.49. The summed E-state index contributed by atoms with van der Waals surface area (Å²) in [6.07, 6.45) is 7.63. The van der Waals surface area contributed by atoms with Gasteiger partial charge in [-0.05, 0) is 24.8 Å². The number of aliphatic carboxylic acids is 1. The third-order valence-electron chi connectivity index (χ3n) is 4.17. The molecule has 0 aliphatic heterocycles. The second-order valence-corrected chi connectivity index (χ2v) is 5.49. The molecule has 1 fully saturated rings. The molecule has 1 atom stereocenters. The van der Waals surface area contributed by atoms with Gasteiger partial charge in [0.25, 0.3) is 0 Å². The molecule has 0 amide bonds. The van der Waals surface area contributed by atoms with E-state index in [-0.39, 0.29) is 0 Å². The second kappa shape index (κ2) is 6.69. The zero-order chi connectivity index (χ0) is 13.7. The normalized spacial score (nSPS) is 18.2. The Morgan fingerprint density at radius 2 is 1.95 bits per heavy atom. The fraction of sp³-hybridized carbons (Fsp3) is 0.562. The average Bonchev–Trinajstić information content (AvgIpc) is 2.42. The van der Waals surface area contributed by atoms with Crippen LogP contribution in [0.25, 0.3) is 0 Å². The van der Waals surface area contributed by atoms with Crippen LogP contribution in [0.5, 0.6) is 0 Å². The molecule has 0 spiro atoms. The van der Waals surface area contributed by atoms with Crippen molar-refractivity contribution in [2.24, 2.45) is 5.92 Å². The van der Waals surface area contributed by atoms with Gasteiger partial charge in [-0.3, -0.25) is 4.79 Å². The van der Waals surface area contributed by atoms with Crippen LogP contribution in [0.1, 0.15) is 56.4 Å². The van der Waals surface area contributed by atoms with Gasteiger partial charge in [0, 0.05) is 5.56 Å². The van der Waals surface area contributed by atoms with Crippen LogP contribution in [0.3, 0.4) is 0 Å². The summed E-state index contributed by atoms with van der Waals surface area (Å²) in [6.45, 7) is 0. The summed E-state index contributed by atoms with van der Waals surface area (Å²) in [5, 5.41) is 9.31. The maximum Gasteiger partial charge on any atom is 0.311 e. The Balaban J connectivity index is 2.00. The highest BCUT2D eigenvalue weighted by Crippen LogP contribution is 2.32. The molecule has 3 heteroatoms. The summed E-state index contributed by atoms with van der Waals surface area (Å²) in [5.41, 5.74) is 0.325. The lowest BCUT2D eigenvalue weighted by Crippen LogP contribution is -2.16. The molecule has 104 valence electrons. The van der Waals surface area contributed by atoms with Crippen LogP contribution >= 0.6 is 0 Å². The van der Waals surface area contributed by atoms with Gasteiger partial charge in [0.1, 0.15) is 5.82 Å². The minimum atomic E-state index is -0.916. The molecule has 1 N–H and O–H groups in total. The molecule has 1 aromatic carbocycles. The summed E-state index contributed by atoms with van der Waals surface area (Å²) < 4.78 is 13.7. The number of benzene rings is 1. The van der Waals surface area contributed by atoms with Gasteiger partial charge in [-0.15, -0.1) is 0 Å². The van der Waals surface area contributed by atoms with E-state index in [0.29, 0.717) is 17.9 Å². The maximum atomic E-state index is 13.7. The van der Waals surface area contributed by atoms with Gasteiger partial charge in [0.2, 0.25) is 0 Å². The largest absolute Gasteiger partial charge is 0.481 e. The molecular weight excluding hydrogens is 243 g/mol. The van der Waals surface area contributed by atoms with Gasteiger partial charge in [-0.25, -0.2) is 4.39 Å². The molecule has 1 saturated carbocycles. The maximum absolute atomic E-state index is 13.7. The van der Waals surface area contributed by atoms with E-state index in [1.54, 1.807) is 18.2 Å². The van der Waals surface area contributed by atoms with E-state index in [9.17, 15) is 14.3 Å². The fourth-order valence-electron chi connectivity index (χ4n) is 3.05. The van der Waals surface area contributed by atoms with Crippen LogP contribution < -0.4 is 0 Å². The Hall–Kier alpha value is -1.38. The van der Waals surface area contributed by atoms with E-state index < -0.39 is 17.7 Å². The number of hydrogen-bond acceptors (Lipinski definition) is 1. The zero-order valence-corrected chi connectivity index (χ0v) is 11.1. The minimum absolute atomic E-state index is 0.325. The van der Waals surface area contributed by atoms with Gasteiger partial charge >= 0.3 is 5.97 Å². The molecule has 1 aliphatic carbocycles. The molecule has 1 aliphatic rings. The molecular formula is C16H21FO2. The van der Waals surface area contributed by atoms with Crippen molar-refractivity contribution in [2.75, 3.05) is 0 Å². The van der Waals surface area contributed by atoms with Crippen molar-refractivity contribution in [3.63, 3.8) is 0 Å². The molecule has 1 unspecified atom stereocenters. The minimum Gasteiger partial charge on any atom is -0.481 e. The average molecular weight is 264 g/mol. The Labute approximate surface area is 113 Å². The number of carboxylic acids is 1. The molecule has 0 heterocycles. The summed E-state index contributed by atoms with van der Waals surface area (Å²) in [4.78, 5) is 11.4. The first-order valence-corrected chi connectivity index (χ1v) is 7.15. The lowest BCUT2D eigenvalue weighted by Gasteiger charge is -2.23. The van der Waals surface area contributed by atoms with Crippen molar-refractivity contribution in [2.45, 2.75) is 50.9 Å². The van der Waals surface area contributed by atoms with E-state index in [0.717, 1.165) is 6.42 Å². The van der Waals surface area contributed by atoms with E-state index in [1.165, 1.54) is 38.2 Å². The standard InChI is InChI=1S/C16H21FO2/c17-15-9-5-4-8-13(15)14(16(18)19)11-10-12-6-2-1-3-7-12/h4-5,8-9,12,14H,1-3,6-7,10-11H2,(H,18,19). The number of carboxylic acid groups (broad SMARTS) is 1. The predicted molar refractivity (Wildman–Crippen MR) is 72.6 cm³/mol. The van der Waals surface area contributed by atoms with Gasteiger partial charge in [-0.1, -0.05) is 50.3 Å². The molecule has 0 bridgehead atoms. The monoisotopic (exact) mass is 264 g/mol. The van der Waals surface area contributed by atoms with E-state index in [4.69, 9.17) is 0 Å². The Bertz CT molecular complexity index is 425. The number of halogens is 1. The third-order valence-corrected chi connectivity index (χ3v) is 4.17. The zero-order valence-electron chi connectivity index (χ0n) is 11.1. The van der Waals surface area contributed by atoms with Crippen LogP contribution in [0.4, 0.5) is 4.39 Å². The Kier molecular flexibility index (Phi) is 4.94. The molecule has 2 nitrogen and oxygen atoms in total. The third kappa shape index (κ3) is 3.79. The van der Waals surface area contributed by atoms with Crippen molar-refractivity contribution in [1.29, 1.82) is 0 Å². The fourth-order valence-corrected chi connectivity index (χ4v) is 3.05. The Morgan fingerprint density at radius 3 is 2.58 bits per heavy atom. The van der Waals surface area contributed by atoms with Crippen LogP contribution in [-0.4, -0.2) is 11.1 Å². The first-order valence-electron chi connectivity index (χ1n) is 7.15. The van der Waals surface area contributed by atoms with Gasteiger partial charge in [-0.2, -0.15) is 0 Å². The van der Waals surface area contributed by atoms with E-state index >= 15 is 0 Å². The van der Waals surface area contributed by atoms with Crippen molar-refractivity contribution < 1.29 is 14.3 Å². The summed E-state index contributed by atoms with van der Waals surface area (Å²) in [7, 11) is 0. The van der Waals surface area contributed by atoms with Crippen molar-refractivity contribution >= 4 is 5.97 Å². The number of rotatable bonds is 5. The first kappa shape index (κ1) is 14.0. The van der Waals surface area contributed by atoms with E-state index in [2.05, 4.69) is 0 Å². The first-order chi connectivity index (χ1) is 9.18. The van der Waals surface area contributed by atoms with Crippen molar-refractivity contribution in [1.82, 2.24) is 0 Å². The molecule has 19 heavy (non-hydrogen) atoms. The number of carbonyl (C=O) groups is 1. The summed E-state index contributed by atoms with van der Waals surface area (Å²) in [5.74, 6) is -1.40. The SMILES string of the molecule is O=C(O)C(CCC1CCCCC1)c1ccccc1F. The molecule has 2 rings (SSSR count). The van der Waals surface area contributed by atoms with Crippen LogP contribution in [0, 0.1) is 11.7 Å². The van der Waals surface area contributed by atoms with E-state index in [1.807, 2.05) is 0 Å². The molecule has 0 radical (unpaired) electrons. The van der Waals surface area contributed by atoms with Crippen LogP contribution in [-0.2, 0) is 4.79 Å². The quantitative estimate of drug-likeness (QED) is 0.858. The molecule has 0 aromatic heterocycles. The van der Waals surface area contributed by atoms with Gasteiger partial charge in [0.05, 0.1) is 5.92 Å². The van der Waals surface area contributed by atoms with Crippen molar-refractivity contribution in [3.8, 4) is 0 Å². The lowest BCUT2D eigenvalue weighted by atomic mass is 9.83. The number of hydrogen-bond donors (Lipinski definition) is 1. The highest BCUT2D eigenvalue weighted by atomic mass is 19.1. The predicted octanol–water partition coefficient (Wildman–Crippen LogP) is 4.35. The summed E-state index contributed by atoms with van der Waals surface area (Å²) in [6, 6.07) is 6.23. The smallest absolute Gasteiger partial charge is 0.311 e.